The summed E-state index contributed by atoms with van der Waals surface area (Å²) in [6.07, 6.45) is -2.24. The Kier molecular flexibility index (Phi) is 8.78. The van der Waals surface area contributed by atoms with Crippen LogP contribution in [0.5, 0.6) is 0 Å². The second-order valence-electron chi connectivity index (χ2n) is 10.3. The van der Waals surface area contributed by atoms with Crippen LogP contribution in [-0.2, 0) is 17.6 Å². The van der Waals surface area contributed by atoms with E-state index in [4.69, 9.17) is 4.74 Å². The largest absolute Gasteiger partial charge is 0.444 e. The van der Waals surface area contributed by atoms with Crippen LogP contribution in [-0.4, -0.2) is 40.4 Å². The molecule has 8 heteroatoms. The number of aliphatic hydroxyl groups excluding tert-OH is 1. The summed E-state index contributed by atoms with van der Waals surface area (Å²) in [6, 6.07) is 8.76. The Morgan fingerprint density at radius 1 is 0.971 bits per heavy atom. The normalized spacial score (nSPS) is 13.7. The lowest BCUT2D eigenvalue weighted by Gasteiger charge is -2.28. The summed E-state index contributed by atoms with van der Waals surface area (Å²) in [7, 11) is 0. The van der Waals surface area contributed by atoms with Gasteiger partial charge in [-0.15, -0.1) is 0 Å². The van der Waals surface area contributed by atoms with Crippen molar-refractivity contribution in [2.45, 2.75) is 77.7 Å². The first-order valence-electron chi connectivity index (χ1n) is 11.2. The van der Waals surface area contributed by atoms with Crippen molar-refractivity contribution in [3.8, 4) is 0 Å². The topological polar surface area (TPSA) is 87.7 Å². The van der Waals surface area contributed by atoms with Gasteiger partial charge in [0.05, 0.1) is 12.1 Å². The number of alkyl carbamates (subject to hydrolysis) is 1. The molecule has 186 valence electrons. The number of hydrogen-bond acceptors (Lipinski definition) is 4. The zero-order chi connectivity index (χ0) is 25.7. The van der Waals surface area contributed by atoms with E-state index in [1.54, 1.807) is 39.0 Å². The van der Waals surface area contributed by atoms with E-state index in [1.165, 1.54) is 24.3 Å². The highest BCUT2D eigenvalue weighted by Gasteiger charge is 2.28. The van der Waals surface area contributed by atoms with Crippen LogP contribution in [0, 0.1) is 11.6 Å². The van der Waals surface area contributed by atoms with Crippen molar-refractivity contribution in [3.63, 3.8) is 0 Å². The van der Waals surface area contributed by atoms with Gasteiger partial charge in [0.2, 0.25) is 0 Å². The maximum atomic E-state index is 14.3. The van der Waals surface area contributed by atoms with Gasteiger partial charge in [-0.2, -0.15) is 0 Å². The molecule has 0 saturated heterocycles. The number of benzene rings is 2. The molecule has 2 rings (SSSR count). The van der Waals surface area contributed by atoms with Gasteiger partial charge in [-0.05, 0) is 83.4 Å². The molecule has 0 aliphatic heterocycles. The van der Waals surface area contributed by atoms with E-state index < -0.39 is 46.9 Å². The van der Waals surface area contributed by atoms with Crippen LogP contribution in [0.25, 0.3) is 0 Å². The predicted octanol–water partition coefficient (Wildman–Crippen LogP) is 4.53. The summed E-state index contributed by atoms with van der Waals surface area (Å²) >= 11 is 0. The highest BCUT2D eigenvalue weighted by Crippen LogP contribution is 2.19. The van der Waals surface area contributed by atoms with Gasteiger partial charge in [-0.3, -0.25) is 4.79 Å². The molecule has 2 aromatic carbocycles. The zero-order valence-corrected chi connectivity index (χ0v) is 20.5. The highest BCUT2D eigenvalue weighted by molar-refractivity contribution is 5.96. The Morgan fingerprint density at radius 2 is 1.62 bits per heavy atom. The molecule has 0 aliphatic rings. The number of ether oxygens (including phenoxy) is 1. The van der Waals surface area contributed by atoms with E-state index in [1.807, 2.05) is 20.8 Å². The van der Waals surface area contributed by atoms with Gasteiger partial charge < -0.3 is 20.5 Å². The number of carbonyl (C=O) groups is 2. The molecule has 6 nitrogen and oxygen atoms in total. The first-order chi connectivity index (χ1) is 15.6. The Labute approximate surface area is 199 Å². The summed E-state index contributed by atoms with van der Waals surface area (Å²) in [5.74, 6) is -1.47. The molecule has 2 atom stereocenters. The van der Waals surface area contributed by atoms with Crippen LogP contribution < -0.4 is 10.6 Å². The fourth-order valence-electron chi connectivity index (χ4n) is 3.37. The second kappa shape index (κ2) is 11.0. The number of hydrogen-bond donors (Lipinski definition) is 3. The highest BCUT2D eigenvalue weighted by atomic mass is 19.1. The zero-order valence-electron chi connectivity index (χ0n) is 20.5. The van der Waals surface area contributed by atoms with Gasteiger partial charge in [0.15, 0.2) is 0 Å². The molecule has 0 aromatic heterocycles. The molecule has 34 heavy (non-hydrogen) atoms. The van der Waals surface area contributed by atoms with Gasteiger partial charge in [-0.1, -0.05) is 18.2 Å². The minimum Gasteiger partial charge on any atom is -0.444 e. The second-order valence-corrected chi connectivity index (χ2v) is 10.3. The maximum Gasteiger partial charge on any atom is 0.407 e. The number of aliphatic hydroxyl groups is 1. The minimum absolute atomic E-state index is 0.0358. The van der Waals surface area contributed by atoms with Crippen molar-refractivity contribution in [3.05, 3.63) is 70.8 Å². The van der Waals surface area contributed by atoms with Gasteiger partial charge >= 0.3 is 6.09 Å². The van der Waals surface area contributed by atoms with Crippen LogP contribution in [0.2, 0.25) is 0 Å². The molecule has 0 aliphatic carbocycles. The fraction of sp³-hybridized carbons (Fsp3) is 0.462. The van der Waals surface area contributed by atoms with E-state index in [2.05, 4.69) is 10.6 Å². The summed E-state index contributed by atoms with van der Waals surface area (Å²) in [5, 5.41) is 16.5. The number of carbonyl (C=O) groups excluding carboxylic acids is 2. The first kappa shape index (κ1) is 27.2. The van der Waals surface area contributed by atoms with Crippen molar-refractivity contribution in [2.75, 3.05) is 0 Å². The monoisotopic (exact) mass is 476 g/mol. The lowest BCUT2D eigenvalue weighted by atomic mass is 9.93. The van der Waals surface area contributed by atoms with E-state index in [0.29, 0.717) is 0 Å². The summed E-state index contributed by atoms with van der Waals surface area (Å²) in [5.41, 5.74) is -0.547. The number of nitrogens with one attached hydrogen (secondary N) is 2. The SMILES string of the molecule is CC(C)(C)NC(=O)c1ccc(F)cc1C[C@@H](O)[C@@H](Cc1ccccc1F)NC(=O)OC(C)(C)C. The first-order valence-corrected chi connectivity index (χ1v) is 11.2. The lowest BCUT2D eigenvalue weighted by Crippen LogP contribution is -2.48. The standard InChI is InChI=1S/C26H34F2N2O4/c1-25(2,3)30-23(32)19-12-11-18(27)13-17(19)15-22(31)21(29-24(33)34-26(4,5)6)14-16-9-7-8-10-20(16)28/h7-13,21-22,31H,14-15H2,1-6H3,(H,29,33)(H,30,32)/t21-,22-/m1/s1. The Balaban J connectivity index is 2.33. The fourth-order valence-corrected chi connectivity index (χ4v) is 3.37. The van der Waals surface area contributed by atoms with E-state index in [-0.39, 0.29) is 29.5 Å². The molecule has 0 heterocycles. The van der Waals surface area contributed by atoms with E-state index in [9.17, 15) is 23.5 Å². The molecule has 2 aromatic rings. The third-order valence-electron chi connectivity index (χ3n) is 4.79. The van der Waals surface area contributed by atoms with Gasteiger partial charge in [0, 0.05) is 17.5 Å². The smallest absolute Gasteiger partial charge is 0.407 e. The Bertz CT molecular complexity index is 1010. The summed E-state index contributed by atoms with van der Waals surface area (Å²) < 4.78 is 33.6. The van der Waals surface area contributed by atoms with Crippen molar-refractivity contribution in [2.24, 2.45) is 0 Å². The van der Waals surface area contributed by atoms with Crippen LogP contribution in [0.4, 0.5) is 13.6 Å². The Morgan fingerprint density at radius 3 is 2.21 bits per heavy atom. The molecule has 0 bridgehead atoms. The van der Waals surface area contributed by atoms with Crippen molar-refractivity contribution in [1.82, 2.24) is 10.6 Å². The average molecular weight is 477 g/mol. The van der Waals surface area contributed by atoms with Crippen LogP contribution >= 0.6 is 0 Å². The van der Waals surface area contributed by atoms with Gasteiger partial charge in [-0.25, -0.2) is 13.6 Å². The number of halogens is 2. The van der Waals surface area contributed by atoms with Gasteiger partial charge in [0.1, 0.15) is 17.2 Å². The number of amides is 2. The van der Waals surface area contributed by atoms with Crippen molar-refractivity contribution < 1.29 is 28.2 Å². The minimum atomic E-state index is -1.27. The summed E-state index contributed by atoms with van der Waals surface area (Å²) in [6.45, 7) is 10.5. The van der Waals surface area contributed by atoms with Crippen LogP contribution in [0.1, 0.15) is 63.0 Å². The molecule has 0 unspecified atom stereocenters. The molecule has 0 radical (unpaired) electrons. The molecule has 0 spiro atoms. The third-order valence-corrected chi connectivity index (χ3v) is 4.79. The van der Waals surface area contributed by atoms with Crippen molar-refractivity contribution >= 4 is 12.0 Å². The molecular formula is C26H34F2N2O4. The summed E-state index contributed by atoms with van der Waals surface area (Å²) in [4.78, 5) is 25.2. The lowest BCUT2D eigenvalue weighted by molar-refractivity contribution is 0.0421. The molecule has 0 saturated carbocycles. The van der Waals surface area contributed by atoms with Gasteiger partial charge in [0.25, 0.3) is 5.91 Å². The van der Waals surface area contributed by atoms with E-state index in [0.717, 1.165) is 0 Å². The van der Waals surface area contributed by atoms with Crippen molar-refractivity contribution in [1.29, 1.82) is 0 Å². The number of rotatable bonds is 7. The van der Waals surface area contributed by atoms with Crippen LogP contribution in [0.15, 0.2) is 42.5 Å². The quantitative estimate of drug-likeness (QED) is 0.548. The van der Waals surface area contributed by atoms with Crippen LogP contribution in [0.3, 0.4) is 0 Å². The maximum absolute atomic E-state index is 14.3. The van der Waals surface area contributed by atoms with E-state index >= 15 is 0 Å². The molecule has 0 fully saturated rings. The molecule has 2 amide bonds. The molecular weight excluding hydrogens is 442 g/mol. The average Bonchev–Trinajstić information content (AvgIpc) is 2.66. The third kappa shape index (κ3) is 8.74. The Hall–Kier alpha value is -3.00. The predicted molar refractivity (Wildman–Crippen MR) is 127 cm³/mol. The molecule has 3 N–H and O–H groups in total.